The maximum atomic E-state index is 11.3. The third kappa shape index (κ3) is 7.37. The number of carbonyl (C=O) groups excluding carboxylic acids is 1. The normalized spacial score (nSPS) is 10.3. The Morgan fingerprint density at radius 2 is 1.40 bits per heavy atom. The molecule has 15 heavy (non-hydrogen) atoms. The molecule has 0 unspecified atom stereocenters. The molecule has 0 atom stereocenters. The van der Waals surface area contributed by atoms with Crippen LogP contribution >= 0.6 is 0 Å². The highest BCUT2D eigenvalue weighted by Gasteiger charge is 2.11. The van der Waals surface area contributed by atoms with Crippen molar-refractivity contribution in [1.29, 1.82) is 0 Å². The van der Waals surface area contributed by atoms with Crippen LogP contribution in [0.5, 0.6) is 0 Å². The number of amides is 1. The van der Waals surface area contributed by atoms with Gasteiger partial charge in [-0.2, -0.15) is 0 Å². The van der Waals surface area contributed by atoms with Gasteiger partial charge in [0.15, 0.2) is 6.61 Å². The van der Waals surface area contributed by atoms with Crippen LogP contribution in [0.1, 0.15) is 52.4 Å². The molecule has 0 aromatic rings. The molecule has 0 aliphatic rings. The molecule has 0 N–H and O–H groups in total. The summed E-state index contributed by atoms with van der Waals surface area (Å²) in [4.78, 5) is 13.0. The largest absolute Gasteiger partial charge is 0.341 e. The molecule has 0 bridgehead atoms. The summed E-state index contributed by atoms with van der Waals surface area (Å²) in [5.41, 5.74) is 0. The second kappa shape index (κ2) is 9.97. The fraction of sp³-hybridized carbons (Fsp3) is 0.917. The van der Waals surface area contributed by atoms with Crippen molar-refractivity contribution >= 4 is 5.91 Å². The predicted molar refractivity (Wildman–Crippen MR) is 61.2 cm³/mol. The van der Waals surface area contributed by atoms with Gasteiger partial charge in [0.25, 0.3) is 5.91 Å². The van der Waals surface area contributed by atoms with E-state index >= 15 is 0 Å². The molecule has 0 aliphatic carbocycles. The van der Waals surface area contributed by atoms with Gasteiger partial charge in [-0.25, -0.2) is 5.11 Å². The molecule has 0 fully saturated rings. The number of nitrogens with zero attached hydrogens (tertiary/aromatic N) is 1. The number of unbranched alkanes of at least 4 members (excludes halogenated alkanes) is 4. The van der Waals surface area contributed by atoms with Gasteiger partial charge in [-0.3, -0.25) is 4.79 Å². The van der Waals surface area contributed by atoms with Crippen molar-refractivity contribution in [2.24, 2.45) is 0 Å². The van der Waals surface area contributed by atoms with Gasteiger partial charge in [0.1, 0.15) is 0 Å². The summed E-state index contributed by atoms with van der Waals surface area (Å²) in [7, 11) is 0. The summed E-state index contributed by atoms with van der Waals surface area (Å²) < 4.78 is 0. The monoisotopic (exact) mass is 214 g/mol. The summed E-state index contributed by atoms with van der Waals surface area (Å²) in [6.45, 7) is 5.20. The van der Waals surface area contributed by atoms with E-state index in [1.807, 2.05) is 0 Å². The van der Waals surface area contributed by atoms with Gasteiger partial charge in [0, 0.05) is 13.1 Å². The lowest BCUT2D eigenvalue weighted by molar-refractivity contribution is -0.136. The fourth-order valence-electron chi connectivity index (χ4n) is 1.56. The van der Waals surface area contributed by atoms with Crippen LogP contribution in [0.3, 0.4) is 0 Å². The maximum Gasteiger partial charge on any atom is 0.251 e. The zero-order chi connectivity index (χ0) is 11.5. The molecule has 3 heteroatoms. The Balaban J connectivity index is 3.79. The van der Waals surface area contributed by atoms with Crippen molar-refractivity contribution in [2.45, 2.75) is 52.4 Å². The second-order valence-corrected chi connectivity index (χ2v) is 3.94. The molecule has 0 aromatic heterocycles. The third-order valence-corrected chi connectivity index (χ3v) is 2.54. The standard InChI is InChI=1S/C12H24NO2/c1-3-5-7-9-13(12(15)11-14)10-8-6-4-2/h3-11H2,1-2H3. The molecule has 0 heterocycles. The van der Waals surface area contributed by atoms with Gasteiger partial charge in [-0.05, 0) is 12.8 Å². The Morgan fingerprint density at radius 3 is 1.73 bits per heavy atom. The van der Waals surface area contributed by atoms with Gasteiger partial charge in [-0.1, -0.05) is 39.5 Å². The first kappa shape index (κ1) is 14.4. The molecule has 89 valence electrons. The molecular weight excluding hydrogens is 190 g/mol. The molecule has 0 aliphatic heterocycles. The smallest absolute Gasteiger partial charge is 0.251 e. The second-order valence-electron chi connectivity index (χ2n) is 3.94. The van der Waals surface area contributed by atoms with Crippen molar-refractivity contribution in [3.8, 4) is 0 Å². The van der Waals surface area contributed by atoms with Crippen LogP contribution in [0.4, 0.5) is 0 Å². The molecule has 0 saturated carbocycles. The summed E-state index contributed by atoms with van der Waals surface area (Å²) in [6, 6.07) is 0. The predicted octanol–water partition coefficient (Wildman–Crippen LogP) is 2.63. The van der Waals surface area contributed by atoms with Crippen LogP contribution in [0.15, 0.2) is 0 Å². The van der Waals surface area contributed by atoms with Gasteiger partial charge >= 0.3 is 0 Å². The number of hydrogen-bond acceptors (Lipinski definition) is 1. The average molecular weight is 214 g/mol. The minimum absolute atomic E-state index is 0.234. The van der Waals surface area contributed by atoms with Crippen LogP contribution in [0.2, 0.25) is 0 Å². The van der Waals surface area contributed by atoms with E-state index in [1.165, 1.54) is 0 Å². The third-order valence-electron chi connectivity index (χ3n) is 2.54. The van der Waals surface area contributed by atoms with E-state index in [0.717, 1.165) is 51.6 Å². The minimum Gasteiger partial charge on any atom is -0.341 e. The van der Waals surface area contributed by atoms with E-state index in [2.05, 4.69) is 13.8 Å². The first-order valence-electron chi connectivity index (χ1n) is 6.12. The Hall–Kier alpha value is -0.570. The molecule has 1 radical (unpaired) electrons. The van der Waals surface area contributed by atoms with E-state index in [0.29, 0.717) is 0 Å². The van der Waals surface area contributed by atoms with Crippen LogP contribution in [-0.4, -0.2) is 30.5 Å². The highest BCUT2D eigenvalue weighted by molar-refractivity contribution is 5.77. The quantitative estimate of drug-likeness (QED) is 0.544. The van der Waals surface area contributed by atoms with E-state index in [4.69, 9.17) is 0 Å². The lowest BCUT2D eigenvalue weighted by Crippen LogP contribution is -2.34. The molecule has 3 nitrogen and oxygen atoms in total. The average Bonchev–Trinajstić information content (AvgIpc) is 2.26. The first-order valence-corrected chi connectivity index (χ1v) is 6.12. The van der Waals surface area contributed by atoms with Crippen LogP contribution in [-0.2, 0) is 9.90 Å². The van der Waals surface area contributed by atoms with E-state index in [-0.39, 0.29) is 5.91 Å². The first-order chi connectivity index (χ1) is 7.26. The van der Waals surface area contributed by atoms with Gasteiger partial charge in [0.05, 0.1) is 0 Å². The lowest BCUT2D eigenvalue weighted by Gasteiger charge is -2.21. The fourth-order valence-corrected chi connectivity index (χ4v) is 1.56. The highest BCUT2D eigenvalue weighted by Crippen LogP contribution is 2.03. The summed E-state index contributed by atoms with van der Waals surface area (Å²) in [5, 5.41) is 10.5. The molecule has 0 aromatic carbocycles. The number of carbonyl (C=O) groups is 1. The van der Waals surface area contributed by atoms with Gasteiger partial charge < -0.3 is 4.90 Å². The molecule has 0 saturated heterocycles. The molecule has 0 rings (SSSR count). The Morgan fingerprint density at radius 1 is 0.933 bits per heavy atom. The highest BCUT2D eigenvalue weighted by atomic mass is 16.3. The SMILES string of the molecule is CCCCCN(CCCCC)C(=O)C[O]. The van der Waals surface area contributed by atoms with E-state index in [1.54, 1.807) is 4.90 Å². The topological polar surface area (TPSA) is 40.2 Å². The van der Waals surface area contributed by atoms with Gasteiger partial charge in [-0.15, -0.1) is 0 Å². The minimum atomic E-state index is -0.599. The van der Waals surface area contributed by atoms with E-state index in [9.17, 15) is 9.90 Å². The molecule has 0 spiro atoms. The van der Waals surface area contributed by atoms with E-state index < -0.39 is 6.61 Å². The zero-order valence-corrected chi connectivity index (χ0v) is 10.1. The van der Waals surface area contributed by atoms with Crippen molar-refractivity contribution in [2.75, 3.05) is 19.7 Å². The summed E-state index contributed by atoms with van der Waals surface area (Å²) in [6.07, 6.45) is 6.61. The Labute approximate surface area is 93.5 Å². The Kier molecular flexibility index (Phi) is 9.59. The number of hydrogen-bond donors (Lipinski definition) is 0. The Bertz CT molecular complexity index is 150. The van der Waals surface area contributed by atoms with Crippen molar-refractivity contribution in [3.05, 3.63) is 0 Å². The molecule has 1 amide bonds. The van der Waals surface area contributed by atoms with Crippen molar-refractivity contribution in [1.82, 2.24) is 4.90 Å². The van der Waals surface area contributed by atoms with Gasteiger partial charge in [0.2, 0.25) is 0 Å². The maximum absolute atomic E-state index is 11.3. The van der Waals surface area contributed by atoms with Crippen LogP contribution < -0.4 is 0 Å². The summed E-state index contributed by atoms with van der Waals surface area (Å²) >= 11 is 0. The summed E-state index contributed by atoms with van der Waals surface area (Å²) in [5.74, 6) is -0.234. The van der Waals surface area contributed by atoms with Crippen molar-refractivity contribution in [3.63, 3.8) is 0 Å². The zero-order valence-electron chi connectivity index (χ0n) is 10.1. The van der Waals surface area contributed by atoms with Crippen LogP contribution in [0.25, 0.3) is 0 Å². The van der Waals surface area contributed by atoms with Crippen molar-refractivity contribution < 1.29 is 9.90 Å². The number of rotatable bonds is 9. The lowest BCUT2D eigenvalue weighted by atomic mass is 10.2. The van der Waals surface area contributed by atoms with Crippen LogP contribution in [0, 0.1) is 0 Å². The molecular formula is C12H24NO2.